The van der Waals surface area contributed by atoms with Gasteiger partial charge in [0, 0.05) is 25.7 Å². The van der Waals surface area contributed by atoms with Gasteiger partial charge in [-0.1, -0.05) is 335 Å². The zero-order valence-electron chi connectivity index (χ0n) is 62.7. The Morgan fingerprint density at radius 2 is 0.557 bits per heavy atom. The first kappa shape index (κ1) is 94.5. The number of phosphoric acid groups is 2. The van der Waals surface area contributed by atoms with Gasteiger partial charge in [-0.3, -0.25) is 37.3 Å². The van der Waals surface area contributed by atoms with Gasteiger partial charge < -0.3 is 33.8 Å². The molecule has 0 aliphatic carbocycles. The number of rotatable bonds is 76. The van der Waals surface area contributed by atoms with Crippen LogP contribution in [-0.2, 0) is 65.4 Å². The Labute approximate surface area is 592 Å². The summed E-state index contributed by atoms with van der Waals surface area (Å²) in [5, 5.41) is 10.6. The predicted octanol–water partition coefficient (Wildman–Crippen LogP) is 22.8. The lowest BCUT2D eigenvalue weighted by atomic mass is 10.0. The summed E-state index contributed by atoms with van der Waals surface area (Å²) in [5.41, 5.74) is 0. The largest absolute Gasteiger partial charge is 0.472 e. The fourth-order valence-corrected chi connectivity index (χ4v) is 13.1. The lowest BCUT2D eigenvalue weighted by Crippen LogP contribution is -2.30. The average Bonchev–Trinajstić information content (AvgIpc) is 1.64. The Hall–Kier alpha value is -2.46. The van der Waals surface area contributed by atoms with E-state index in [1.807, 2.05) is 0 Å². The van der Waals surface area contributed by atoms with Gasteiger partial charge in [-0.25, -0.2) is 9.13 Å². The minimum absolute atomic E-state index is 0.102. The summed E-state index contributed by atoms with van der Waals surface area (Å²) in [5.74, 6) is -1.40. The maximum Gasteiger partial charge on any atom is 0.472 e. The van der Waals surface area contributed by atoms with Crippen molar-refractivity contribution >= 4 is 39.5 Å². The fourth-order valence-electron chi connectivity index (χ4n) is 11.5. The number of allylic oxidation sites excluding steroid dienone is 4. The highest BCUT2D eigenvalue weighted by Crippen LogP contribution is 2.45. The van der Waals surface area contributed by atoms with Gasteiger partial charge in [0.2, 0.25) is 0 Å². The molecule has 3 N–H and O–H groups in total. The minimum Gasteiger partial charge on any atom is -0.462 e. The molecule has 0 amide bonds. The first-order valence-corrected chi connectivity index (χ1v) is 42.9. The third-order valence-corrected chi connectivity index (χ3v) is 19.6. The molecule has 5 atom stereocenters. The second-order valence-electron chi connectivity index (χ2n) is 27.9. The molecule has 0 aromatic heterocycles. The van der Waals surface area contributed by atoms with Crippen LogP contribution in [0.1, 0.15) is 388 Å². The van der Waals surface area contributed by atoms with E-state index >= 15 is 0 Å². The molecule has 2 unspecified atom stereocenters. The zero-order chi connectivity index (χ0) is 71.2. The minimum atomic E-state index is -4.97. The molecular weight excluding hydrogens is 1270 g/mol. The molecule has 0 aromatic carbocycles. The Morgan fingerprint density at radius 1 is 0.320 bits per heavy atom. The van der Waals surface area contributed by atoms with Gasteiger partial charge in [0.25, 0.3) is 0 Å². The average molecular weight is 1420 g/mol. The number of ether oxygens (including phenoxy) is 4. The molecule has 0 rings (SSSR count). The van der Waals surface area contributed by atoms with Gasteiger partial charge in [0.1, 0.15) is 19.3 Å². The van der Waals surface area contributed by atoms with Crippen molar-refractivity contribution in [3.8, 4) is 0 Å². The summed E-state index contributed by atoms with van der Waals surface area (Å²) >= 11 is 0. The van der Waals surface area contributed by atoms with Crippen molar-refractivity contribution in [3.63, 3.8) is 0 Å². The number of phosphoric ester groups is 2. The number of esters is 4. The van der Waals surface area contributed by atoms with Crippen molar-refractivity contribution < 1.29 is 80.2 Å². The lowest BCUT2D eigenvalue weighted by Gasteiger charge is -2.21. The molecule has 0 spiro atoms. The van der Waals surface area contributed by atoms with E-state index in [1.54, 1.807) is 0 Å². The maximum absolute atomic E-state index is 13.1. The van der Waals surface area contributed by atoms with Crippen LogP contribution in [0.2, 0.25) is 0 Å². The number of unbranched alkanes of at least 4 members (excludes halogenated alkanes) is 45. The standard InChI is InChI=1S/C78H148O17P2/c1-6-9-12-15-18-21-24-27-30-32-35-38-43-49-54-59-64-78(83)94-73(67-88-75(80)61-56-51-46-41-36-34-31-28-25-22-19-16-13-10-7-2)69-92-96(84,85)90-65-72(79)66-91-97(86,87)93-70-74(68-89-76(81)62-57-52-47-44-39-40-45-50-55-60-71(4)5)95-77(82)63-58-53-48-42-37-33-29-26-23-20-17-14-11-8-3/h22,25,28,31,71-74,79H,6-21,23-24,26-27,29-30,32-70H2,1-5H3,(H,84,85)(H,86,87)/b25-22-,31-28-/t72-,73-,74-/m1/s1. The van der Waals surface area contributed by atoms with Crippen LogP contribution in [0.5, 0.6) is 0 Å². The van der Waals surface area contributed by atoms with E-state index in [0.717, 1.165) is 115 Å². The molecule has 19 heteroatoms. The first-order valence-electron chi connectivity index (χ1n) is 40.0. The molecule has 0 fully saturated rings. The summed E-state index contributed by atoms with van der Waals surface area (Å²) < 4.78 is 68.6. The number of hydrogen-bond acceptors (Lipinski definition) is 15. The Morgan fingerprint density at radius 3 is 0.845 bits per heavy atom. The van der Waals surface area contributed by atoms with Gasteiger partial charge in [0.15, 0.2) is 12.2 Å². The van der Waals surface area contributed by atoms with Crippen LogP contribution in [0.4, 0.5) is 0 Å². The summed E-state index contributed by atoms with van der Waals surface area (Å²) in [6.45, 7) is 7.23. The van der Waals surface area contributed by atoms with Crippen LogP contribution in [-0.4, -0.2) is 96.7 Å². The topological polar surface area (TPSA) is 237 Å². The molecule has 0 heterocycles. The van der Waals surface area contributed by atoms with Gasteiger partial charge >= 0.3 is 39.5 Å². The second kappa shape index (κ2) is 70.6. The quantitative estimate of drug-likeness (QED) is 0.0169. The fraction of sp³-hybridized carbons (Fsp3) is 0.897. The zero-order valence-corrected chi connectivity index (χ0v) is 64.5. The van der Waals surface area contributed by atoms with E-state index in [9.17, 15) is 43.2 Å². The summed E-state index contributed by atoms with van der Waals surface area (Å²) in [7, 11) is -9.93. The van der Waals surface area contributed by atoms with E-state index in [0.29, 0.717) is 25.7 Å². The summed E-state index contributed by atoms with van der Waals surface area (Å²) in [6, 6.07) is 0. The van der Waals surface area contributed by atoms with Crippen LogP contribution in [0, 0.1) is 5.92 Å². The Bertz CT molecular complexity index is 1950. The van der Waals surface area contributed by atoms with E-state index in [2.05, 4.69) is 58.9 Å². The molecule has 0 aliphatic rings. The molecule has 0 saturated carbocycles. The molecule has 0 radical (unpaired) electrons. The predicted molar refractivity (Wildman–Crippen MR) is 395 cm³/mol. The van der Waals surface area contributed by atoms with Gasteiger partial charge in [-0.2, -0.15) is 0 Å². The normalized spacial score (nSPS) is 14.1. The number of carbonyl (C=O) groups excluding carboxylic acids is 4. The number of aliphatic hydroxyl groups excluding tert-OH is 1. The van der Waals surface area contributed by atoms with Crippen molar-refractivity contribution in [2.45, 2.75) is 406 Å². The molecule has 17 nitrogen and oxygen atoms in total. The SMILES string of the molecule is CCCCCC/C=C\C=C/CCCCCCCC(=O)OC[C@H](COP(=O)(O)OC[C@@H](O)COP(=O)(O)OC[C@@H](COC(=O)CCCCCCCCCCCC(C)C)OC(=O)CCCCCCCCCCCCCCCC)OC(=O)CCCCCCCCCCCCCCCCCC. The van der Waals surface area contributed by atoms with Crippen molar-refractivity contribution in [1.29, 1.82) is 0 Å². The molecule has 0 aromatic rings. The molecule has 572 valence electrons. The summed E-state index contributed by atoms with van der Waals surface area (Å²) in [6.07, 6.45) is 63.1. The number of hydrogen-bond donors (Lipinski definition) is 3. The van der Waals surface area contributed by atoms with Crippen molar-refractivity contribution in [2.24, 2.45) is 5.92 Å². The van der Waals surface area contributed by atoms with Gasteiger partial charge in [-0.05, 0) is 57.3 Å². The van der Waals surface area contributed by atoms with Crippen molar-refractivity contribution in [1.82, 2.24) is 0 Å². The highest BCUT2D eigenvalue weighted by molar-refractivity contribution is 7.47. The van der Waals surface area contributed by atoms with E-state index < -0.39 is 97.5 Å². The second-order valence-corrected chi connectivity index (χ2v) is 30.8. The first-order chi connectivity index (χ1) is 47.0. The van der Waals surface area contributed by atoms with Gasteiger partial charge in [0.05, 0.1) is 26.4 Å². The van der Waals surface area contributed by atoms with E-state index in [4.69, 9.17) is 37.0 Å². The van der Waals surface area contributed by atoms with Crippen LogP contribution in [0.15, 0.2) is 24.3 Å². The maximum atomic E-state index is 13.1. The van der Waals surface area contributed by atoms with Crippen molar-refractivity contribution in [2.75, 3.05) is 39.6 Å². The van der Waals surface area contributed by atoms with Crippen LogP contribution in [0.3, 0.4) is 0 Å². The van der Waals surface area contributed by atoms with E-state index in [-0.39, 0.29) is 25.7 Å². The van der Waals surface area contributed by atoms with Crippen LogP contribution in [0.25, 0.3) is 0 Å². The van der Waals surface area contributed by atoms with Crippen LogP contribution < -0.4 is 0 Å². The van der Waals surface area contributed by atoms with Crippen LogP contribution >= 0.6 is 15.6 Å². The third-order valence-electron chi connectivity index (χ3n) is 17.7. The highest BCUT2D eigenvalue weighted by Gasteiger charge is 2.30. The molecular formula is C78H148O17P2. The third kappa shape index (κ3) is 71.7. The van der Waals surface area contributed by atoms with Crippen molar-refractivity contribution in [3.05, 3.63) is 24.3 Å². The Balaban J connectivity index is 5.30. The van der Waals surface area contributed by atoms with E-state index in [1.165, 1.54) is 193 Å². The number of aliphatic hydroxyl groups is 1. The highest BCUT2D eigenvalue weighted by atomic mass is 31.2. The molecule has 0 bridgehead atoms. The number of carbonyl (C=O) groups is 4. The lowest BCUT2D eigenvalue weighted by molar-refractivity contribution is -0.161. The van der Waals surface area contributed by atoms with Gasteiger partial charge in [-0.15, -0.1) is 0 Å². The Kier molecular flexibility index (Phi) is 68.8. The molecule has 0 aliphatic heterocycles. The molecule has 97 heavy (non-hydrogen) atoms. The molecule has 0 saturated heterocycles. The monoisotopic (exact) mass is 1420 g/mol. The smallest absolute Gasteiger partial charge is 0.462 e. The summed E-state index contributed by atoms with van der Waals surface area (Å²) in [4.78, 5) is 72.9.